The minimum Gasteiger partial charge on any atom is -0.481 e. The highest BCUT2D eigenvalue weighted by atomic mass is 16.4. The molecular weight excluding hydrogens is 310 g/mol. The van der Waals surface area contributed by atoms with Gasteiger partial charge in [0.2, 0.25) is 0 Å². The summed E-state index contributed by atoms with van der Waals surface area (Å²) in [7, 11) is 0. The van der Waals surface area contributed by atoms with Gasteiger partial charge in [0, 0.05) is 23.1 Å². The van der Waals surface area contributed by atoms with Crippen molar-refractivity contribution in [3.8, 4) is 0 Å². The summed E-state index contributed by atoms with van der Waals surface area (Å²) in [6.45, 7) is 5.04. The molecule has 1 N–H and O–H groups in total. The second-order valence-corrected chi connectivity index (χ2v) is 7.30. The molecule has 3 heteroatoms. The highest BCUT2D eigenvalue weighted by Gasteiger charge is 2.29. The predicted molar refractivity (Wildman–Crippen MR) is 100 cm³/mol. The van der Waals surface area contributed by atoms with Crippen LogP contribution >= 0.6 is 0 Å². The van der Waals surface area contributed by atoms with E-state index in [4.69, 9.17) is 0 Å². The lowest BCUT2D eigenvalue weighted by Gasteiger charge is -2.21. The molecule has 0 saturated heterocycles. The first-order valence-electron chi connectivity index (χ1n) is 8.92. The van der Waals surface area contributed by atoms with Crippen LogP contribution in [0.3, 0.4) is 0 Å². The number of carboxylic acids is 1. The van der Waals surface area contributed by atoms with Crippen molar-refractivity contribution in [2.75, 3.05) is 0 Å². The first-order chi connectivity index (χ1) is 12.0. The first-order valence-corrected chi connectivity index (χ1v) is 8.92. The van der Waals surface area contributed by atoms with E-state index in [0.29, 0.717) is 6.42 Å². The van der Waals surface area contributed by atoms with Crippen LogP contribution in [0.5, 0.6) is 0 Å². The zero-order valence-electron chi connectivity index (χ0n) is 14.7. The summed E-state index contributed by atoms with van der Waals surface area (Å²) in [5.41, 5.74) is 7.56. The van der Waals surface area contributed by atoms with E-state index in [2.05, 4.69) is 60.9 Å². The summed E-state index contributed by atoms with van der Waals surface area (Å²) in [5, 5.41) is 10.7. The Morgan fingerprint density at radius 2 is 1.84 bits per heavy atom. The van der Waals surface area contributed by atoms with Gasteiger partial charge in [-0.3, -0.25) is 4.79 Å². The molecular formula is C22H23NO2. The van der Waals surface area contributed by atoms with Crippen LogP contribution < -0.4 is 0 Å². The highest BCUT2D eigenvalue weighted by Crippen LogP contribution is 2.35. The maximum Gasteiger partial charge on any atom is 0.306 e. The number of benzene rings is 2. The molecule has 1 atom stereocenters. The molecule has 1 aliphatic carbocycles. The van der Waals surface area contributed by atoms with Crippen molar-refractivity contribution in [2.45, 2.75) is 39.7 Å². The normalized spacial score (nSPS) is 16.8. The topological polar surface area (TPSA) is 42.2 Å². The van der Waals surface area contributed by atoms with Gasteiger partial charge >= 0.3 is 5.97 Å². The molecule has 0 fully saturated rings. The Labute approximate surface area is 147 Å². The maximum absolute atomic E-state index is 11.5. The van der Waals surface area contributed by atoms with Crippen molar-refractivity contribution in [3.05, 3.63) is 70.4 Å². The first kappa shape index (κ1) is 15.9. The summed E-state index contributed by atoms with van der Waals surface area (Å²) < 4.78 is 2.40. The molecule has 128 valence electrons. The van der Waals surface area contributed by atoms with Crippen molar-refractivity contribution in [1.29, 1.82) is 0 Å². The quantitative estimate of drug-likeness (QED) is 0.767. The fourth-order valence-electron chi connectivity index (χ4n) is 4.03. The van der Waals surface area contributed by atoms with Crippen LogP contribution in [-0.2, 0) is 24.2 Å². The van der Waals surface area contributed by atoms with Crippen LogP contribution in [0.15, 0.2) is 42.5 Å². The molecule has 0 spiro atoms. The molecule has 1 heterocycles. The van der Waals surface area contributed by atoms with Gasteiger partial charge < -0.3 is 9.67 Å². The van der Waals surface area contributed by atoms with Crippen LogP contribution in [0.4, 0.5) is 0 Å². The molecule has 3 aromatic rings. The summed E-state index contributed by atoms with van der Waals surface area (Å²) in [4.78, 5) is 11.5. The lowest BCUT2D eigenvalue weighted by atomic mass is 9.86. The Morgan fingerprint density at radius 3 is 2.56 bits per heavy atom. The standard InChI is InChI=1S/C22H23NO2/c1-14-3-6-16(7-4-14)13-23-20-9-5-15(2)11-18(20)19-12-17(22(24)25)8-10-21(19)23/h3-7,9,11,17H,8,10,12-13H2,1-2H3,(H,24,25). The summed E-state index contributed by atoms with van der Waals surface area (Å²) in [5.74, 6) is -0.927. The summed E-state index contributed by atoms with van der Waals surface area (Å²) in [6, 6.07) is 15.2. The molecule has 1 unspecified atom stereocenters. The third-order valence-electron chi connectivity index (χ3n) is 5.43. The number of hydrogen-bond acceptors (Lipinski definition) is 1. The molecule has 25 heavy (non-hydrogen) atoms. The third-order valence-corrected chi connectivity index (χ3v) is 5.43. The van der Waals surface area contributed by atoms with Gasteiger partial charge in [0.05, 0.1) is 5.92 Å². The van der Waals surface area contributed by atoms with Crippen LogP contribution in [0.2, 0.25) is 0 Å². The highest BCUT2D eigenvalue weighted by molar-refractivity contribution is 5.87. The monoisotopic (exact) mass is 333 g/mol. The van der Waals surface area contributed by atoms with Crippen molar-refractivity contribution in [1.82, 2.24) is 4.57 Å². The second-order valence-electron chi connectivity index (χ2n) is 7.30. The van der Waals surface area contributed by atoms with Gasteiger partial charge in [-0.1, -0.05) is 41.5 Å². The Kier molecular flexibility index (Phi) is 3.87. The molecule has 0 saturated carbocycles. The minimum absolute atomic E-state index is 0.258. The number of carboxylic acid groups (broad SMARTS) is 1. The van der Waals surface area contributed by atoms with Crippen LogP contribution in [0.25, 0.3) is 10.9 Å². The van der Waals surface area contributed by atoms with Gasteiger partial charge in [-0.2, -0.15) is 0 Å². The van der Waals surface area contributed by atoms with Gasteiger partial charge in [0.15, 0.2) is 0 Å². The number of nitrogens with zero attached hydrogens (tertiary/aromatic N) is 1. The lowest BCUT2D eigenvalue weighted by Crippen LogP contribution is -2.23. The SMILES string of the molecule is Cc1ccc(Cn2c3c(c4cc(C)ccc42)CC(C(=O)O)CC3)cc1. The van der Waals surface area contributed by atoms with Gasteiger partial charge in [-0.25, -0.2) is 0 Å². The molecule has 1 aromatic heterocycles. The van der Waals surface area contributed by atoms with Gasteiger partial charge in [0.1, 0.15) is 0 Å². The average molecular weight is 333 g/mol. The van der Waals surface area contributed by atoms with Crippen LogP contribution in [0.1, 0.15) is 34.4 Å². The second kappa shape index (κ2) is 6.07. The van der Waals surface area contributed by atoms with E-state index in [1.807, 2.05) is 0 Å². The molecule has 3 nitrogen and oxygen atoms in total. The van der Waals surface area contributed by atoms with Crippen molar-refractivity contribution >= 4 is 16.9 Å². The number of aliphatic carboxylic acids is 1. The van der Waals surface area contributed by atoms with Gasteiger partial charge in [0.25, 0.3) is 0 Å². The Bertz CT molecular complexity index is 950. The smallest absolute Gasteiger partial charge is 0.306 e. The number of fused-ring (bicyclic) bond motifs is 3. The zero-order chi connectivity index (χ0) is 17.6. The molecule has 0 radical (unpaired) electrons. The Morgan fingerprint density at radius 1 is 1.12 bits per heavy atom. The number of aryl methyl sites for hydroxylation is 2. The molecule has 4 rings (SSSR count). The fraction of sp³-hybridized carbons (Fsp3) is 0.318. The molecule has 2 aromatic carbocycles. The number of aromatic nitrogens is 1. The number of hydrogen-bond donors (Lipinski definition) is 1. The van der Waals surface area contributed by atoms with E-state index < -0.39 is 5.97 Å². The predicted octanol–water partition coefficient (Wildman–Crippen LogP) is 4.50. The van der Waals surface area contributed by atoms with Crippen LogP contribution in [0, 0.1) is 19.8 Å². The number of carbonyl (C=O) groups is 1. The number of rotatable bonds is 3. The molecule has 0 bridgehead atoms. The molecule has 0 amide bonds. The van der Waals surface area contributed by atoms with Gasteiger partial charge in [-0.05, 0) is 56.4 Å². The van der Waals surface area contributed by atoms with Crippen molar-refractivity contribution < 1.29 is 9.90 Å². The average Bonchev–Trinajstić information content (AvgIpc) is 2.89. The lowest BCUT2D eigenvalue weighted by molar-refractivity contribution is -0.142. The maximum atomic E-state index is 11.5. The Balaban J connectivity index is 1.84. The summed E-state index contributed by atoms with van der Waals surface area (Å²) >= 11 is 0. The van der Waals surface area contributed by atoms with E-state index in [-0.39, 0.29) is 5.92 Å². The fourth-order valence-corrected chi connectivity index (χ4v) is 4.03. The largest absolute Gasteiger partial charge is 0.481 e. The van der Waals surface area contributed by atoms with Crippen molar-refractivity contribution in [3.63, 3.8) is 0 Å². The van der Waals surface area contributed by atoms with E-state index in [0.717, 1.165) is 19.4 Å². The molecule has 1 aliphatic rings. The van der Waals surface area contributed by atoms with E-state index >= 15 is 0 Å². The third kappa shape index (κ3) is 2.84. The van der Waals surface area contributed by atoms with Crippen molar-refractivity contribution in [2.24, 2.45) is 5.92 Å². The summed E-state index contributed by atoms with van der Waals surface area (Å²) in [6.07, 6.45) is 2.21. The van der Waals surface area contributed by atoms with E-state index in [1.165, 1.54) is 38.9 Å². The van der Waals surface area contributed by atoms with Crippen LogP contribution in [-0.4, -0.2) is 15.6 Å². The van der Waals surface area contributed by atoms with Gasteiger partial charge in [-0.15, -0.1) is 0 Å². The van der Waals surface area contributed by atoms with E-state index in [1.54, 1.807) is 0 Å². The zero-order valence-corrected chi connectivity index (χ0v) is 14.7. The minimum atomic E-state index is -0.669. The van der Waals surface area contributed by atoms with E-state index in [9.17, 15) is 9.90 Å². The Hall–Kier alpha value is -2.55. The molecule has 0 aliphatic heterocycles.